The first-order valence-electron chi connectivity index (χ1n) is 6.79. The van der Waals surface area contributed by atoms with Crippen LogP contribution in [0, 0.1) is 0 Å². The number of aromatic nitrogens is 2. The first-order chi connectivity index (χ1) is 9.63. The van der Waals surface area contributed by atoms with Gasteiger partial charge >= 0.3 is 0 Å². The van der Waals surface area contributed by atoms with E-state index in [9.17, 15) is 4.79 Å². The van der Waals surface area contributed by atoms with Gasteiger partial charge in [0.25, 0.3) is 5.91 Å². The van der Waals surface area contributed by atoms with E-state index in [1.807, 2.05) is 38.4 Å². The van der Waals surface area contributed by atoms with E-state index in [0.29, 0.717) is 5.56 Å². The van der Waals surface area contributed by atoms with Crippen LogP contribution in [0.1, 0.15) is 34.5 Å². The summed E-state index contributed by atoms with van der Waals surface area (Å²) in [6.45, 7) is 2.91. The molecule has 1 atom stereocenters. The summed E-state index contributed by atoms with van der Waals surface area (Å²) in [6, 6.07) is 5.76. The van der Waals surface area contributed by atoms with Gasteiger partial charge in [0.05, 0.1) is 12.2 Å². The minimum absolute atomic E-state index is 0.0453. The van der Waals surface area contributed by atoms with Gasteiger partial charge in [-0.1, -0.05) is 0 Å². The van der Waals surface area contributed by atoms with Gasteiger partial charge in [-0.05, 0) is 37.1 Å². The molecule has 20 heavy (non-hydrogen) atoms. The molecule has 104 valence electrons. The highest BCUT2D eigenvalue weighted by atomic mass is 16.1. The lowest BCUT2D eigenvalue weighted by molar-refractivity contribution is 0.0940. The van der Waals surface area contributed by atoms with E-state index in [4.69, 9.17) is 0 Å². The number of carbonyl (C=O) groups excluding carboxylic acids is 1. The molecular weight excluding hydrogens is 252 g/mol. The molecule has 0 bridgehead atoms. The molecule has 0 saturated heterocycles. The summed E-state index contributed by atoms with van der Waals surface area (Å²) in [4.78, 5) is 12.3. The summed E-state index contributed by atoms with van der Waals surface area (Å²) < 4.78 is 1.74. The van der Waals surface area contributed by atoms with Gasteiger partial charge in [-0.3, -0.25) is 9.48 Å². The predicted molar refractivity (Wildman–Crippen MR) is 77.7 cm³/mol. The molecule has 5 heteroatoms. The SMILES string of the molecule is CC(NC(=O)c1ccc2c(c1)CCN2)c1cnn(C)c1. The molecule has 0 aliphatic carbocycles. The van der Waals surface area contributed by atoms with Crippen LogP contribution in [0.5, 0.6) is 0 Å². The third kappa shape index (κ3) is 2.39. The fourth-order valence-electron chi connectivity index (χ4n) is 2.47. The van der Waals surface area contributed by atoms with E-state index in [-0.39, 0.29) is 11.9 Å². The molecule has 0 saturated carbocycles. The Kier molecular flexibility index (Phi) is 3.18. The van der Waals surface area contributed by atoms with Crippen molar-refractivity contribution >= 4 is 11.6 Å². The van der Waals surface area contributed by atoms with Crippen LogP contribution in [0.25, 0.3) is 0 Å². The predicted octanol–water partition coefficient (Wildman–Crippen LogP) is 1.88. The molecule has 3 rings (SSSR count). The largest absolute Gasteiger partial charge is 0.384 e. The monoisotopic (exact) mass is 270 g/mol. The third-order valence-electron chi connectivity index (χ3n) is 3.65. The Morgan fingerprint density at radius 1 is 1.50 bits per heavy atom. The van der Waals surface area contributed by atoms with Crippen molar-refractivity contribution in [2.75, 3.05) is 11.9 Å². The van der Waals surface area contributed by atoms with E-state index in [1.54, 1.807) is 10.9 Å². The topological polar surface area (TPSA) is 59.0 Å². The van der Waals surface area contributed by atoms with Crippen molar-refractivity contribution < 1.29 is 4.79 Å². The lowest BCUT2D eigenvalue weighted by Gasteiger charge is -2.12. The Bertz CT molecular complexity index is 647. The Labute approximate surface area is 118 Å². The first-order valence-corrected chi connectivity index (χ1v) is 6.79. The number of hydrogen-bond acceptors (Lipinski definition) is 3. The molecule has 5 nitrogen and oxygen atoms in total. The van der Waals surface area contributed by atoms with Crippen LogP contribution >= 0.6 is 0 Å². The van der Waals surface area contributed by atoms with Crippen LogP contribution < -0.4 is 10.6 Å². The Morgan fingerprint density at radius 3 is 3.10 bits per heavy atom. The van der Waals surface area contributed by atoms with Crippen molar-refractivity contribution in [3.8, 4) is 0 Å². The molecule has 0 spiro atoms. The van der Waals surface area contributed by atoms with Crippen LogP contribution in [0.15, 0.2) is 30.6 Å². The summed E-state index contributed by atoms with van der Waals surface area (Å²) in [5.74, 6) is -0.0453. The Morgan fingerprint density at radius 2 is 2.35 bits per heavy atom. The molecule has 2 heterocycles. The Balaban J connectivity index is 1.73. The number of carbonyl (C=O) groups is 1. The second-order valence-corrected chi connectivity index (χ2v) is 5.19. The molecule has 1 aromatic heterocycles. The van der Waals surface area contributed by atoms with Crippen LogP contribution in [0.4, 0.5) is 5.69 Å². The number of aryl methyl sites for hydroxylation is 1. The van der Waals surface area contributed by atoms with Crippen LogP contribution in [0.2, 0.25) is 0 Å². The second-order valence-electron chi connectivity index (χ2n) is 5.19. The zero-order chi connectivity index (χ0) is 14.1. The molecule has 1 aliphatic rings. The van der Waals surface area contributed by atoms with E-state index in [2.05, 4.69) is 15.7 Å². The summed E-state index contributed by atoms with van der Waals surface area (Å²) >= 11 is 0. The molecule has 0 fully saturated rings. The maximum absolute atomic E-state index is 12.3. The molecule has 1 amide bonds. The van der Waals surface area contributed by atoms with Crippen molar-refractivity contribution in [3.63, 3.8) is 0 Å². The maximum atomic E-state index is 12.3. The zero-order valence-electron chi connectivity index (χ0n) is 11.7. The zero-order valence-corrected chi connectivity index (χ0v) is 11.7. The molecule has 2 N–H and O–H groups in total. The van der Waals surface area contributed by atoms with Gasteiger partial charge in [-0.25, -0.2) is 0 Å². The van der Waals surface area contributed by atoms with Gasteiger partial charge in [0.2, 0.25) is 0 Å². The molecule has 2 aromatic rings. The number of hydrogen-bond donors (Lipinski definition) is 2. The lowest BCUT2D eigenvalue weighted by Crippen LogP contribution is -2.26. The average molecular weight is 270 g/mol. The minimum Gasteiger partial charge on any atom is -0.384 e. The number of rotatable bonds is 3. The number of benzene rings is 1. The van der Waals surface area contributed by atoms with Gasteiger partial charge in [-0.15, -0.1) is 0 Å². The molecule has 1 aromatic carbocycles. The van der Waals surface area contributed by atoms with E-state index in [1.165, 1.54) is 5.56 Å². The number of anilines is 1. The molecule has 1 aliphatic heterocycles. The summed E-state index contributed by atoms with van der Waals surface area (Å²) in [5, 5.41) is 10.4. The number of nitrogens with one attached hydrogen (secondary N) is 2. The second kappa shape index (κ2) is 5.00. The number of amides is 1. The van der Waals surface area contributed by atoms with Crippen molar-refractivity contribution in [1.29, 1.82) is 0 Å². The van der Waals surface area contributed by atoms with Gasteiger partial charge < -0.3 is 10.6 Å². The van der Waals surface area contributed by atoms with E-state index in [0.717, 1.165) is 24.2 Å². The summed E-state index contributed by atoms with van der Waals surface area (Å²) in [6.07, 6.45) is 4.67. The molecule has 0 radical (unpaired) electrons. The van der Waals surface area contributed by atoms with Gasteiger partial charge in [0.1, 0.15) is 0 Å². The quantitative estimate of drug-likeness (QED) is 0.895. The fraction of sp³-hybridized carbons (Fsp3) is 0.333. The highest BCUT2D eigenvalue weighted by Crippen LogP contribution is 2.23. The first kappa shape index (κ1) is 12.7. The lowest BCUT2D eigenvalue weighted by atomic mass is 10.1. The van der Waals surface area contributed by atoms with Crippen molar-refractivity contribution in [1.82, 2.24) is 15.1 Å². The van der Waals surface area contributed by atoms with Gasteiger partial charge in [-0.2, -0.15) is 5.10 Å². The minimum atomic E-state index is -0.0532. The van der Waals surface area contributed by atoms with Crippen molar-refractivity contribution in [2.45, 2.75) is 19.4 Å². The van der Waals surface area contributed by atoms with Crippen molar-refractivity contribution in [2.24, 2.45) is 7.05 Å². The van der Waals surface area contributed by atoms with Gasteiger partial charge in [0.15, 0.2) is 0 Å². The summed E-state index contributed by atoms with van der Waals surface area (Å²) in [7, 11) is 1.87. The van der Waals surface area contributed by atoms with Crippen LogP contribution in [-0.4, -0.2) is 22.2 Å². The molecular formula is C15H18N4O. The van der Waals surface area contributed by atoms with Crippen molar-refractivity contribution in [3.05, 3.63) is 47.3 Å². The number of nitrogens with zero attached hydrogens (tertiary/aromatic N) is 2. The van der Waals surface area contributed by atoms with Crippen LogP contribution in [-0.2, 0) is 13.5 Å². The smallest absolute Gasteiger partial charge is 0.251 e. The number of fused-ring (bicyclic) bond motifs is 1. The van der Waals surface area contributed by atoms with Crippen LogP contribution in [0.3, 0.4) is 0 Å². The summed E-state index contributed by atoms with van der Waals surface area (Å²) in [5.41, 5.74) is 4.07. The third-order valence-corrected chi connectivity index (χ3v) is 3.65. The Hall–Kier alpha value is -2.30. The molecule has 1 unspecified atom stereocenters. The highest BCUT2D eigenvalue weighted by Gasteiger charge is 2.16. The van der Waals surface area contributed by atoms with E-state index < -0.39 is 0 Å². The average Bonchev–Trinajstić information content (AvgIpc) is 3.05. The highest BCUT2D eigenvalue weighted by molar-refractivity contribution is 5.95. The fourth-order valence-corrected chi connectivity index (χ4v) is 2.47. The normalized spacial score (nSPS) is 14.5. The maximum Gasteiger partial charge on any atom is 0.251 e. The standard InChI is InChI=1S/C15H18N4O/c1-10(13-8-17-19(2)9-13)18-15(20)12-3-4-14-11(7-12)5-6-16-14/h3-4,7-10,16H,5-6H2,1-2H3,(H,18,20). The van der Waals surface area contributed by atoms with E-state index >= 15 is 0 Å². The van der Waals surface area contributed by atoms with Gasteiger partial charge in [0, 0.05) is 36.6 Å².